The molecule has 0 spiro atoms. The molecule has 0 radical (unpaired) electrons. The average Bonchev–Trinajstić information content (AvgIpc) is 3.37. The Morgan fingerprint density at radius 1 is 0.263 bits per heavy atom. The molecule has 0 bridgehead atoms. The number of benzene rings is 3. The van der Waals surface area contributed by atoms with E-state index in [0.717, 1.165) is 110 Å². The van der Waals surface area contributed by atoms with Crippen molar-refractivity contribution in [2.24, 2.45) is 0 Å². The molecule has 0 amide bonds. The lowest BCUT2D eigenvalue weighted by Crippen LogP contribution is -2.22. The van der Waals surface area contributed by atoms with Crippen LogP contribution >= 0.6 is 0 Å². The summed E-state index contributed by atoms with van der Waals surface area (Å²) in [5, 5.41) is 22.4. The molecule has 0 atom stereocenters. The highest BCUT2D eigenvalue weighted by atomic mass is 15.1. The van der Waals surface area contributed by atoms with E-state index >= 15 is 0 Å². The van der Waals surface area contributed by atoms with Gasteiger partial charge in [0.15, 0.2) is 0 Å². The molecule has 6 N–H and O–H groups in total. The number of nitrogens with zero attached hydrogens (tertiary/aromatic N) is 8. The first-order valence-electron chi connectivity index (χ1n) is 27.7. The Kier molecular flexibility index (Phi) is 20.0. The van der Waals surface area contributed by atoms with Crippen molar-refractivity contribution in [1.82, 2.24) is 50.5 Å². The molecule has 14 heteroatoms. The Labute approximate surface area is 453 Å². The SMILES string of the molecule is CCc1c(CNCc2cccc(CNCc3c(CC)c(CNc4nc(C)cc(C)n4)c(CC)c(CNc4nc(C)cc(C)n4)c3CC)c2)c(CC)c(CNc2nc(C)cc(C)n2)c(CC)c1CNc1nc(C)cc(C)n1. The first kappa shape index (κ1) is 56.8. The van der Waals surface area contributed by atoms with Gasteiger partial charge in [-0.15, -0.1) is 0 Å². The number of nitrogens with one attached hydrogen (secondary N) is 6. The first-order valence-corrected chi connectivity index (χ1v) is 27.7. The van der Waals surface area contributed by atoms with Crippen LogP contribution in [-0.2, 0) is 90.9 Å². The molecule has 7 rings (SSSR count). The summed E-state index contributed by atoms with van der Waals surface area (Å²) < 4.78 is 0. The van der Waals surface area contributed by atoms with Crippen molar-refractivity contribution in [3.05, 3.63) is 172 Å². The van der Waals surface area contributed by atoms with E-state index in [1.54, 1.807) is 0 Å². The Bertz CT molecular complexity index is 2670. The van der Waals surface area contributed by atoms with E-state index < -0.39 is 0 Å². The van der Waals surface area contributed by atoms with Gasteiger partial charge in [-0.2, -0.15) is 0 Å². The van der Waals surface area contributed by atoms with Crippen LogP contribution < -0.4 is 31.9 Å². The van der Waals surface area contributed by atoms with Crippen molar-refractivity contribution in [3.63, 3.8) is 0 Å². The molecule has 0 unspecified atom stereocenters. The minimum absolute atomic E-state index is 0.636. The second-order valence-electron chi connectivity index (χ2n) is 20.2. The third kappa shape index (κ3) is 14.3. The van der Waals surface area contributed by atoms with Crippen LogP contribution in [0.5, 0.6) is 0 Å². The molecule has 0 aliphatic heterocycles. The highest BCUT2D eigenvalue weighted by Crippen LogP contribution is 2.34. The zero-order valence-electron chi connectivity index (χ0n) is 48.1. The van der Waals surface area contributed by atoms with Gasteiger partial charge in [-0.1, -0.05) is 65.8 Å². The van der Waals surface area contributed by atoms with E-state index in [-0.39, 0.29) is 0 Å². The summed E-state index contributed by atoms with van der Waals surface area (Å²) in [5.74, 6) is 2.64. The van der Waals surface area contributed by atoms with Gasteiger partial charge in [0.05, 0.1) is 0 Å². The maximum absolute atomic E-state index is 4.75. The van der Waals surface area contributed by atoms with Crippen LogP contribution in [0, 0.1) is 55.4 Å². The van der Waals surface area contributed by atoms with E-state index in [1.165, 1.54) is 77.9 Å². The van der Waals surface area contributed by atoms with Gasteiger partial charge < -0.3 is 31.9 Å². The van der Waals surface area contributed by atoms with Gasteiger partial charge in [-0.3, -0.25) is 0 Å². The standard InChI is InChI=1S/C62H84N14/c1-15-47-53(48(16-2)56(34-66-60-71-39(9)25-40(10)72-60)51(19-5)55(47)33-65-59-69-37(7)24-38(8)70-59)31-63-29-45-22-21-23-46(28-45)30-64-32-54-49(17-3)57(35-67-61-73-41(11)26-42(12)74-61)52(20-6)58(50(54)18-4)36-68-62-75-43(13)27-44(14)76-62/h21-28,63-64H,15-20,29-36H2,1-14H3,(H,65,69,70)(H,66,71,72)(H,67,73,74)(H,68,75,76). The molecule has 4 heterocycles. The highest BCUT2D eigenvalue weighted by molar-refractivity contribution is 5.56. The van der Waals surface area contributed by atoms with Gasteiger partial charge in [0.25, 0.3) is 0 Å². The number of aromatic nitrogens is 8. The topological polar surface area (TPSA) is 175 Å². The van der Waals surface area contributed by atoms with Crippen molar-refractivity contribution < 1.29 is 0 Å². The number of anilines is 4. The largest absolute Gasteiger partial charge is 0.350 e. The smallest absolute Gasteiger partial charge is 0.223 e. The van der Waals surface area contributed by atoms with Gasteiger partial charge in [-0.05, 0) is 196 Å². The third-order valence-corrected chi connectivity index (χ3v) is 14.4. The van der Waals surface area contributed by atoms with Gasteiger partial charge in [0.2, 0.25) is 23.8 Å². The summed E-state index contributed by atoms with van der Waals surface area (Å²) in [6, 6.07) is 17.1. The zero-order chi connectivity index (χ0) is 54.5. The fourth-order valence-corrected chi connectivity index (χ4v) is 11.4. The average molecular weight is 1030 g/mol. The summed E-state index contributed by atoms with van der Waals surface area (Å²) in [7, 11) is 0. The zero-order valence-corrected chi connectivity index (χ0v) is 48.1. The summed E-state index contributed by atoms with van der Waals surface area (Å²) in [5.41, 5.74) is 26.5. The maximum atomic E-state index is 4.75. The summed E-state index contributed by atoms with van der Waals surface area (Å²) in [6.45, 7) is 35.4. The van der Waals surface area contributed by atoms with Crippen molar-refractivity contribution in [3.8, 4) is 0 Å². The Morgan fingerprint density at radius 3 is 0.684 bits per heavy atom. The van der Waals surface area contributed by atoms with Crippen molar-refractivity contribution in [2.45, 2.75) is 188 Å². The van der Waals surface area contributed by atoms with Crippen LogP contribution in [0.2, 0.25) is 0 Å². The Morgan fingerprint density at radius 2 is 0.474 bits per heavy atom. The van der Waals surface area contributed by atoms with Crippen LogP contribution in [-0.4, -0.2) is 39.9 Å². The first-order chi connectivity index (χ1) is 36.6. The minimum Gasteiger partial charge on any atom is -0.350 e. The summed E-state index contributed by atoms with van der Waals surface area (Å²) >= 11 is 0. The molecule has 4 aromatic heterocycles. The molecule has 14 nitrogen and oxygen atoms in total. The molecular weight excluding hydrogens is 941 g/mol. The second kappa shape index (κ2) is 26.7. The van der Waals surface area contributed by atoms with Crippen molar-refractivity contribution in [1.29, 1.82) is 0 Å². The van der Waals surface area contributed by atoms with E-state index in [2.05, 4.69) is 97.7 Å². The molecular formula is C62H84N14. The van der Waals surface area contributed by atoms with Crippen molar-refractivity contribution >= 4 is 23.8 Å². The fourth-order valence-electron chi connectivity index (χ4n) is 11.4. The molecule has 402 valence electrons. The fraction of sp³-hybridized carbons (Fsp3) is 0.452. The summed E-state index contributed by atoms with van der Waals surface area (Å²) in [4.78, 5) is 38.0. The number of hydrogen-bond donors (Lipinski definition) is 6. The molecule has 0 saturated heterocycles. The molecule has 0 aliphatic rings. The molecule has 0 fully saturated rings. The highest BCUT2D eigenvalue weighted by Gasteiger charge is 2.24. The molecule has 3 aromatic carbocycles. The third-order valence-electron chi connectivity index (χ3n) is 14.4. The minimum atomic E-state index is 0.636. The van der Waals surface area contributed by atoms with Crippen LogP contribution in [0.15, 0.2) is 48.5 Å². The molecule has 0 saturated carbocycles. The summed E-state index contributed by atoms with van der Waals surface area (Å²) in [6.07, 6.45) is 5.45. The van der Waals surface area contributed by atoms with E-state index in [0.29, 0.717) is 50.0 Å². The molecule has 0 aliphatic carbocycles. The number of hydrogen-bond acceptors (Lipinski definition) is 14. The Balaban J connectivity index is 1.14. The number of rotatable bonds is 26. The lowest BCUT2D eigenvalue weighted by atomic mass is 9.83. The van der Waals surface area contributed by atoms with Crippen LogP contribution in [0.4, 0.5) is 23.8 Å². The van der Waals surface area contributed by atoms with Gasteiger partial charge in [0.1, 0.15) is 0 Å². The quantitative estimate of drug-likeness (QED) is 0.0302. The Hall–Kier alpha value is -6.90. The van der Waals surface area contributed by atoms with E-state index in [1.807, 2.05) is 79.7 Å². The predicted octanol–water partition coefficient (Wildman–Crippen LogP) is 11.7. The molecule has 76 heavy (non-hydrogen) atoms. The van der Waals surface area contributed by atoms with E-state index in [9.17, 15) is 0 Å². The van der Waals surface area contributed by atoms with E-state index in [4.69, 9.17) is 39.9 Å². The van der Waals surface area contributed by atoms with Crippen molar-refractivity contribution in [2.75, 3.05) is 21.3 Å². The van der Waals surface area contributed by atoms with Crippen LogP contribution in [0.25, 0.3) is 0 Å². The van der Waals surface area contributed by atoms with Gasteiger partial charge in [0, 0.05) is 97.9 Å². The monoisotopic (exact) mass is 1020 g/mol. The maximum Gasteiger partial charge on any atom is 0.223 e. The van der Waals surface area contributed by atoms with Gasteiger partial charge >= 0.3 is 0 Å². The lowest BCUT2D eigenvalue weighted by Gasteiger charge is -2.27. The van der Waals surface area contributed by atoms with Gasteiger partial charge in [-0.25, -0.2) is 39.9 Å². The normalized spacial score (nSPS) is 11.3. The number of aryl methyl sites for hydroxylation is 8. The second-order valence-corrected chi connectivity index (χ2v) is 20.2. The van der Waals surface area contributed by atoms with Crippen LogP contribution in [0.3, 0.4) is 0 Å². The predicted molar refractivity (Wildman–Crippen MR) is 312 cm³/mol. The molecule has 7 aromatic rings. The lowest BCUT2D eigenvalue weighted by molar-refractivity contribution is 0.667. The van der Waals surface area contributed by atoms with Crippen LogP contribution in [0.1, 0.15) is 165 Å².